The van der Waals surface area contributed by atoms with E-state index in [1.54, 1.807) is 0 Å². The van der Waals surface area contributed by atoms with E-state index in [4.69, 9.17) is 5.73 Å². The quantitative estimate of drug-likeness (QED) is 0.582. The summed E-state index contributed by atoms with van der Waals surface area (Å²) < 4.78 is 4.55. The summed E-state index contributed by atoms with van der Waals surface area (Å²) in [4.78, 5) is 22.3. The average molecular weight is 181 g/mol. The lowest BCUT2D eigenvalue weighted by Crippen LogP contribution is -2.31. The Labute approximate surface area is 69.9 Å². The van der Waals surface area contributed by atoms with Crippen molar-refractivity contribution in [2.75, 3.05) is 13.6 Å². The highest BCUT2D eigenvalue weighted by molar-refractivity contribution is 5.99. The van der Waals surface area contributed by atoms with Gasteiger partial charge in [0.15, 0.2) is 6.10 Å². The number of halogens is 1. The van der Waals surface area contributed by atoms with Crippen LogP contribution in [0.15, 0.2) is 0 Å². The second-order valence-electron chi connectivity index (χ2n) is 2.01. The number of cyclic esters (lactones) is 1. The molecule has 1 heterocycles. The third-order valence-electron chi connectivity index (χ3n) is 1.34. The number of amides is 2. The zero-order valence-electron chi connectivity index (χ0n) is 5.94. The van der Waals surface area contributed by atoms with Gasteiger partial charge in [0.1, 0.15) is 0 Å². The van der Waals surface area contributed by atoms with Crippen molar-refractivity contribution in [2.45, 2.75) is 6.10 Å². The number of rotatable bonds is 1. The first-order valence-corrected chi connectivity index (χ1v) is 2.85. The minimum absolute atomic E-state index is 0. The number of imide groups is 1. The fourth-order valence-corrected chi connectivity index (χ4v) is 0.706. The van der Waals surface area contributed by atoms with Crippen LogP contribution in [0, 0.1) is 0 Å². The van der Waals surface area contributed by atoms with E-state index < -0.39 is 12.2 Å². The number of carbonyl (C=O) groups is 2. The maximum absolute atomic E-state index is 10.8. The number of carbonyl (C=O) groups excluding carboxylic acids is 2. The van der Waals surface area contributed by atoms with E-state index in [0.717, 1.165) is 4.90 Å². The first kappa shape index (κ1) is 10.2. The van der Waals surface area contributed by atoms with Gasteiger partial charge in [-0.25, -0.2) is 9.69 Å². The second-order valence-corrected chi connectivity index (χ2v) is 2.01. The lowest BCUT2D eigenvalue weighted by Gasteiger charge is -1.99. The number of nitrogens with zero attached hydrogens (tertiary/aromatic N) is 1. The molecule has 0 spiro atoms. The maximum atomic E-state index is 10.8. The van der Waals surface area contributed by atoms with E-state index in [9.17, 15) is 9.59 Å². The molecule has 2 N–H and O–H groups in total. The average Bonchev–Trinajstić information content (AvgIpc) is 2.17. The normalized spacial score (nSPS) is 23.1. The molecule has 0 aliphatic carbocycles. The van der Waals surface area contributed by atoms with E-state index in [2.05, 4.69) is 4.74 Å². The SMILES string of the molecule is CN1C(=O)OC(CN)C1=O.Cl. The van der Waals surface area contributed by atoms with Gasteiger partial charge in [0.25, 0.3) is 5.91 Å². The second kappa shape index (κ2) is 3.54. The molecule has 1 aliphatic rings. The molecule has 0 radical (unpaired) electrons. The van der Waals surface area contributed by atoms with Crippen LogP contribution in [0.2, 0.25) is 0 Å². The molecule has 0 saturated carbocycles. The molecule has 1 rings (SSSR count). The van der Waals surface area contributed by atoms with Crippen LogP contribution < -0.4 is 5.73 Å². The minimum Gasteiger partial charge on any atom is -0.434 e. The van der Waals surface area contributed by atoms with Crippen molar-refractivity contribution in [3.05, 3.63) is 0 Å². The summed E-state index contributed by atoms with van der Waals surface area (Å²) in [6.45, 7) is 0.0505. The third-order valence-corrected chi connectivity index (χ3v) is 1.34. The number of likely N-dealkylation sites (N-methyl/N-ethyl adjacent to an activating group) is 1. The Hall–Kier alpha value is -0.810. The monoisotopic (exact) mass is 180 g/mol. The van der Waals surface area contributed by atoms with Crippen molar-refractivity contribution in [1.82, 2.24) is 4.90 Å². The molecule has 2 amide bonds. The Morgan fingerprint density at radius 3 is 2.36 bits per heavy atom. The van der Waals surface area contributed by atoms with Crippen molar-refractivity contribution in [3.63, 3.8) is 0 Å². The largest absolute Gasteiger partial charge is 0.434 e. The van der Waals surface area contributed by atoms with Gasteiger partial charge < -0.3 is 10.5 Å². The van der Waals surface area contributed by atoms with Crippen LogP contribution in [-0.2, 0) is 9.53 Å². The summed E-state index contributed by atoms with van der Waals surface area (Å²) in [5.41, 5.74) is 5.12. The Morgan fingerprint density at radius 1 is 1.64 bits per heavy atom. The van der Waals surface area contributed by atoms with E-state index in [-0.39, 0.29) is 24.9 Å². The van der Waals surface area contributed by atoms with Crippen molar-refractivity contribution in [2.24, 2.45) is 5.73 Å². The molecule has 6 heteroatoms. The van der Waals surface area contributed by atoms with Gasteiger partial charge in [-0.05, 0) is 0 Å². The first-order valence-electron chi connectivity index (χ1n) is 2.85. The van der Waals surface area contributed by atoms with Crippen molar-refractivity contribution in [1.29, 1.82) is 0 Å². The molecule has 5 nitrogen and oxygen atoms in total. The number of nitrogens with two attached hydrogens (primary N) is 1. The molecule has 0 aromatic carbocycles. The van der Waals surface area contributed by atoms with Crippen LogP contribution in [0.25, 0.3) is 0 Å². The molecule has 11 heavy (non-hydrogen) atoms. The smallest absolute Gasteiger partial charge is 0.417 e. The maximum Gasteiger partial charge on any atom is 0.417 e. The van der Waals surface area contributed by atoms with Gasteiger partial charge >= 0.3 is 6.09 Å². The van der Waals surface area contributed by atoms with Crippen LogP contribution in [0.4, 0.5) is 4.79 Å². The summed E-state index contributed by atoms with van der Waals surface area (Å²) in [5, 5.41) is 0. The van der Waals surface area contributed by atoms with Gasteiger partial charge in [-0.3, -0.25) is 4.79 Å². The van der Waals surface area contributed by atoms with Crippen LogP contribution in [0.5, 0.6) is 0 Å². The van der Waals surface area contributed by atoms with Gasteiger partial charge in [-0.1, -0.05) is 0 Å². The van der Waals surface area contributed by atoms with Gasteiger partial charge in [-0.2, -0.15) is 0 Å². The van der Waals surface area contributed by atoms with Gasteiger partial charge in [0, 0.05) is 13.6 Å². The topological polar surface area (TPSA) is 72.6 Å². The van der Waals surface area contributed by atoms with Crippen LogP contribution in [0.1, 0.15) is 0 Å². The highest BCUT2D eigenvalue weighted by Gasteiger charge is 2.36. The van der Waals surface area contributed by atoms with E-state index in [0.29, 0.717) is 0 Å². The fourth-order valence-electron chi connectivity index (χ4n) is 0.706. The lowest BCUT2D eigenvalue weighted by molar-refractivity contribution is -0.128. The van der Waals surface area contributed by atoms with Crippen LogP contribution in [-0.4, -0.2) is 36.6 Å². The van der Waals surface area contributed by atoms with Crippen molar-refractivity contribution < 1.29 is 14.3 Å². The minimum atomic E-state index is -0.766. The highest BCUT2D eigenvalue weighted by atomic mass is 35.5. The van der Waals surface area contributed by atoms with Crippen LogP contribution in [0.3, 0.4) is 0 Å². The molecule has 1 unspecified atom stereocenters. The summed E-state index contributed by atoms with van der Waals surface area (Å²) >= 11 is 0. The summed E-state index contributed by atoms with van der Waals surface area (Å²) in [7, 11) is 1.36. The van der Waals surface area contributed by atoms with Gasteiger partial charge in [0.2, 0.25) is 0 Å². The Kier molecular flexibility index (Phi) is 3.28. The molecule has 0 bridgehead atoms. The highest BCUT2D eigenvalue weighted by Crippen LogP contribution is 2.08. The summed E-state index contributed by atoms with van der Waals surface area (Å²) in [6.07, 6.45) is -1.39. The standard InChI is InChI=1S/C5H8N2O3.ClH/c1-7-4(8)3(2-6)10-5(7)9;/h3H,2,6H2,1H3;1H. The molecule has 0 aromatic rings. The molecular weight excluding hydrogens is 172 g/mol. The Morgan fingerprint density at radius 2 is 2.18 bits per heavy atom. The predicted octanol–water partition coefficient (Wildman–Crippen LogP) is -0.656. The summed E-state index contributed by atoms with van der Waals surface area (Å²) in [5.74, 6) is -0.368. The van der Waals surface area contributed by atoms with Crippen molar-refractivity contribution >= 4 is 24.4 Å². The molecule has 1 aliphatic heterocycles. The molecular formula is C5H9ClN2O3. The number of hydrogen-bond donors (Lipinski definition) is 1. The molecule has 1 atom stereocenters. The predicted molar refractivity (Wildman–Crippen MR) is 39.3 cm³/mol. The van der Waals surface area contributed by atoms with E-state index in [1.807, 2.05) is 0 Å². The summed E-state index contributed by atoms with van der Waals surface area (Å²) in [6, 6.07) is 0. The zero-order valence-corrected chi connectivity index (χ0v) is 6.76. The molecule has 64 valence electrons. The van der Waals surface area contributed by atoms with Crippen LogP contribution >= 0.6 is 12.4 Å². The number of ether oxygens (including phenoxy) is 1. The number of hydrogen-bond acceptors (Lipinski definition) is 4. The van der Waals surface area contributed by atoms with E-state index >= 15 is 0 Å². The third kappa shape index (κ3) is 1.61. The molecule has 0 aromatic heterocycles. The zero-order chi connectivity index (χ0) is 7.72. The van der Waals surface area contributed by atoms with Gasteiger partial charge in [0.05, 0.1) is 0 Å². The molecule has 1 saturated heterocycles. The fraction of sp³-hybridized carbons (Fsp3) is 0.600. The lowest BCUT2D eigenvalue weighted by atomic mass is 10.3. The first-order chi connectivity index (χ1) is 4.66. The van der Waals surface area contributed by atoms with E-state index in [1.165, 1.54) is 7.05 Å². The molecule has 1 fully saturated rings. The van der Waals surface area contributed by atoms with Gasteiger partial charge in [-0.15, -0.1) is 12.4 Å². The van der Waals surface area contributed by atoms with Crippen molar-refractivity contribution in [3.8, 4) is 0 Å². The Balaban J connectivity index is 0.000001000. The Bertz CT molecular complexity index is 185.